The summed E-state index contributed by atoms with van der Waals surface area (Å²) in [6.07, 6.45) is 0.506. The molecule has 0 radical (unpaired) electrons. The van der Waals surface area contributed by atoms with Gasteiger partial charge in [0.15, 0.2) is 0 Å². The summed E-state index contributed by atoms with van der Waals surface area (Å²) >= 11 is 5.89. The molecule has 1 aliphatic heterocycles. The largest absolute Gasteiger partial charge is 0.326 e. The summed E-state index contributed by atoms with van der Waals surface area (Å²) in [4.78, 5) is 14.3. The molecule has 1 amide bonds. The van der Waals surface area contributed by atoms with E-state index in [1.807, 2.05) is 12.1 Å². The zero-order valence-electron chi connectivity index (χ0n) is 12.4. The van der Waals surface area contributed by atoms with Gasteiger partial charge in [0, 0.05) is 48.8 Å². The van der Waals surface area contributed by atoms with Crippen molar-refractivity contribution in [1.82, 2.24) is 10.2 Å². The highest BCUT2D eigenvalue weighted by atomic mass is 35.5. The van der Waals surface area contributed by atoms with Crippen molar-refractivity contribution in [3.8, 4) is 0 Å². The summed E-state index contributed by atoms with van der Waals surface area (Å²) in [6, 6.07) is 8.19. The van der Waals surface area contributed by atoms with Crippen molar-refractivity contribution in [2.45, 2.75) is 32.4 Å². The molecule has 2 rings (SSSR count). The van der Waals surface area contributed by atoms with Gasteiger partial charge in [-0.15, -0.1) is 12.4 Å². The molecule has 1 fully saturated rings. The predicted octanol–water partition coefficient (Wildman–Crippen LogP) is 2.77. The molecule has 2 unspecified atom stereocenters. The highest BCUT2D eigenvalue weighted by Crippen LogP contribution is 2.15. The molecule has 0 aliphatic carbocycles. The zero-order chi connectivity index (χ0) is 14.5. The van der Waals surface area contributed by atoms with Crippen molar-refractivity contribution in [1.29, 1.82) is 0 Å². The van der Waals surface area contributed by atoms with Crippen LogP contribution in [0, 0.1) is 0 Å². The topological polar surface area (TPSA) is 44.4 Å². The van der Waals surface area contributed by atoms with Gasteiger partial charge >= 0.3 is 0 Å². The normalized spacial score (nSPS) is 22.4. The summed E-state index contributed by atoms with van der Waals surface area (Å²) < 4.78 is 0. The third-order valence-corrected chi connectivity index (χ3v) is 3.63. The average Bonchev–Trinajstić information content (AvgIpc) is 2.35. The van der Waals surface area contributed by atoms with Crippen LogP contribution in [0.25, 0.3) is 0 Å². The number of amides is 1. The SMILES string of the molecule is CC1CN(CCC(=O)Nc2cccc(Cl)c2)CC(C)N1.Cl. The monoisotopic (exact) mass is 331 g/mol. The Bertz CT molecular complexity index is 460. The van der Waals surface area contributed by atoms with Gasteiger partial charge in [-0.05, 0) is 32.0 Å². The van der Waals surface area contributed by atoms with Gasteiger partial charge in [0.05, 0.1) is 0 Å². The standard InChI is InChI=1S/C15H22ClN3O.ClH/c1-11-9-19(10-12(2)17-11)7-6-15(20)18-14-5-3-4-13(16)8-14;/h3-5,8,11-12,17H,6-7,9-10H2,1-2H3,(H,18,20);1H. The summed E-state index contributed by atoms with van der Waals surface area (Å²) in [5.74, 6) is 0.0334. The first-order valence-electron chi connectivity index (χ1n) is 7.07. The minimum absolute atomic E-state index is 0. The van der Waals surface area contributed by atoms with E-state index in [1.54, 1.807) is 12.1 Å². The molecule has 6 heteroatoms. The Labute approximate surface area is 137 Å². The predicted molar refractivity (Wildman–Crippen MR) is 90.4 cm³/mol. The summed E-state index contributed by atoms with van der Waals surface area (Å²) in [7, 11) is 0. The molecule has 1 aliphatic rings. The highest BCUT2D eigenvalue weighted by Gasteiger charge is 2.20. The van der Waals surface area contributed by atoms with Crippen LogP contribution in [0.2, 0.25) is 5.02 Å². The molecule has 0 saturated carbocycles. The van der Waals surface area contributed by atoms with Gasteiger partial charge in [0.1, 0.15) is 0 Å². The van der Waals surface area contributed by atoms with Gasteiger partial charge in [0.25, 0.3) is 0 Å². The molecular weight excluding hydrogens is 309 g/mol. The number of halogens is 2. The van der Waals surface area contributed by atoms with E-state index >= 15 is 0 Å². The van der Waals surface area contributed by atoms with Crippen LogP contribution in [0.4, 0.5) is 5.69 Å². The molecule has 4 nitrogen and oxygen atoms in total. The van der Waals surface area contributed by atoms with E-state index < -0.39 is 0 Å². The molecule has 2 N–H and O–H groups in total. The van der Waals surface area contributed by atoms with Crippen molar-refractivity contribution in [2.24, 2.45) is 0 Å². The van der Waals surface area contributed by atoms with Crippen molar-refractivity contribution in [3.05, 3.63) is 29.3 Å². The molecule has 0 aromatic heterocycles. The van der Waals surface area contributed by atoms with Crippen LogP contribution in [-0.2, 0) is 4.79 Å². The Hall–Kier alpha value is -0.810. The van der Waals surface area contributed by atoms with E-state index in [2.05, 4.69) is 29.4 Å². The number of piperazine rings is 1. The van der Waals surface area contributed by atoms with E-state index in [1.165, 1.54) is 0 Å². The van der Waals surface area contributed by atoms with E-state index in [0.717, 1.165) is 25.3 Å². The molecular formula is C15H23Cl2N3O. The van der Waals surface area contributed by atoms with Gasteiger partial charge in [0.2, 0.25) is 5.91 Å². The molecule has 1 aromatic rings. The maximum absolute atomic E-state index is 11.9. The summed E-state index contributed by atoms with van der Waals surface area (Å²) in [5.41, 5.74) is 0.754. The fourth-order valence-corrected chi connectivity index (χ4v) is 2.86. The average molecular weight is 332 g/mol. The summed E-state index contributed by atoms with van der Waals surface area (Å²) in [5, 5.41) is 7.00. The van der Waals surface area contributed by atoms with Crippen molar-refractivity contribution >= 4 is 35.6 Å². The molecule has 2 atom stereocenters. The molecule has 21 heavy (non-hydrogen) atoms. The molecule has 118 valence electrons. The van der Waals surface area contributed by atoms with E-state index in [0.29, 0.717) is 23.5 Å². The van der Waals surface area contributed by atoms with Crippen LogP contribution in [0.15, 0.2) is 24.3 Å². The Morgan fingerprint density at radius 1 is 1.38 bits per heavy atom. The zero-order valence-corrected chi connectivity index (χ0v) is 14.0. The van der Waals surface area contributed by atoms with Gasteiger partial charge < -0.3 is 10.6 Å². The third-order valence-electron chi connectivity index (χ3n) is 3.40. The maximum atomic E-state index is 11.9. The number of carbonyl (C=O) groups excluding carboxylic acids is 1. The van der Waals surface area contributed by atoms with Gasteiger partial charge in [-0.25, -0.2) is 0 Å². The van der Waals surface area contributed by atoms with Crippen LogP contribution >= 0.6 is 24.0 Å². The van der Waals surface area contributed by atoms with Crippen LogP contribution < -0.4 is 10.6 Å². The third kappa shape index (κ3) is 6.22. The number of anilines is 1. The minimum Gasteiger partial charge on any atom is -0.326 e. The lowest BCUT2D eigenvalue weighted by Crippen LogP contribution is -2.54. The lowest BCUT2D eigenvalue weighted by Gasteiger charge is -2.35. The lowest BCUT2D eigenvalue weighted by atomic mass is 10.1. The first kappa shape index (κ1) is 18.2. The van der Waals surface area contributed by atoms with Crippen LogP contribution in [0.1, 0.15) is 20.3 Å². The smallest absolute Gasteiger partial charge is 0.225 e. The fourth-order valence-electron chi connectivity index (χ4n) is 2.67. The van der Waals surface area contributed by atoms with Crippen molar-refractivity contribution in [3.63, 3.8) is 0 Å². The Kier molecular flexibility index (Phi) is 7.46. The maximum Gasteiger partial charge on any atom is 0.225 e. The second-order valence-corrected chi connectivity index (χ2v) is 5.97. The van der Waals surface area contributed by atoms with Crippen LogP contribution in [-0.4, -0.2) is 42.5 Å². The van der Waals surface area contributed by atoms with E-state index in [4.69, 9.17) is 11.6 Å². The number of hydrogen-bond acceptors (Lipinski definition) is 3. The lowest BCUT2D eigenvalue weighted by molar-refractivity contribution is -0.116. The highest BCUT2D eigenvalue weighted by molar-refractivity contribution is 6.30. The number of rotatable bonds is 4. The number of nitrogens with one attached hydrogen (secondary N) is 2. The first-order valence-corrected chi connectivity index (χ1v) is 7.44. The van der Waals surface area contributed by atoms with E-state index in [-0.39, 0.29) is 18.3 Å². The second-order valence-electron chi connectivity index (χ2n) is 5.54. The Morgan fingerprint density at radius 2 is 2.05 bits per heavy atom. The first-order chi connectivity index (χ1) is 9.52. The number of carbonyl (C=O) groups is 1. The number of hydrogen-bond donors (Lipinski definition) is 2. The Morgan fingerprint density at radius 3 is 2.67 bits per heavy atom. The van der Waals surface area contributed by atoms with Crippen molar-refractivity contribution < 1.29 is 4.79 Å². The molecule has 1 saturated heterocycles. The number of nitrogens with zero attached hydrogens (tertiary/aromatic N) is 1. The second kappa shape index (κ2) is 8.59. The summed E-state index contributed by atoms with van der Waals surface area (Å²) in [6.45, 7) is 7.13. The Balaban J connectivity index is 0.00000220. The molecule has 1 heterocycles. The molecule has 0 spiro atoms. The fraction of sp³-hybridized carbons (Fsp3) is 0.533. The number of benzene rings is 1. The van der Waals surface area contributed by atoms with Gasteiger partial charge in [-0.2, -0.15) is 0 Å². The van der Waals surface area contributed by atoms with Gasteiger partial charge in [-0.3, -0.25) is 9.69 Å². The minimum atomic E-state index is 0. The van der Waals surface area contributed by atoms with Crippen LogP contribution in [0.5, 0.6) is 0 Å². The quantitative estimate of drug-likeness (QED) is 0.891. The van der Waals surface area contributed by atoms with Crippen LogP contribution in [0.3, 0.4) is 0 Å². The molecule has 0 bridgehead atoms. The van der Waals surface area contributed by atoms with Crippen molar-refractivity contribution in [2.75, 3.05) is 25.0 Å². The van der Waals surface area contributed by atoms with Gasteiger partial charge in [-0.1, -0.05) is 17.7 Å². The van der Waals surface area contributed by atoms with E-state index in [9.17, 15) is 4.79 Å². The molecule has 1 aromatic carbocycles.